The van der Waals surface area contributed by atoms with Crippen LogP contribution in [0.3, 0.4) is 0 Å². The summed E-state index contributed by atoms with van der Waals surface area (Å²) in [4.78, 5) is 4.44. The quantitative estimate of drug-likeness (QED) is 0.791. The Hall–Kier alpha value is -2.18. The number of aromatic nitrogens is 1. The van der Waals surface area contributed by atoms with Crippen LogP contribution in [0.1, 0.15) is 40.8 Å². The van der Waals surface area contributed by atoms with Gasteiger partial charge in [0.1, 0.15) is 10.4 Å². The maximum absolute atomic E-state index is 11.7. The van der Waals surface area contributed by atoms with Gasteiger partial charge >= 0.3 is 0 Å². The number of hydrogen-bond acceptors (Lipinski definition) is 4. The van der Waals surface area contributed by atoms with Crippen molar-refractivity contribution in [1.29, 1.82) is 0 Å². The number of nitrogens with zero attached hydrogens (tertiary/aromatic N) is 1. The van der Waals surface area contributed by atoms with Crippen molar-refractivity contribution in [2.24, 2.45) is 5.14 Å². The highest BCUT2D eigenvalue weighted by Gasteiger charge is 2.43. The molecule has 0 saturated heterocycles. The molecule has 2 atom stereocenters. The molecule has 0 radical (unpaired) electrons. The first-order chi connectivity index (χ1) is 11.3. The van der Waals surface area contributed by atoms with Crippen molar-refractivity contribution in [1.82, 2.24) is 4.98 Å². The number of fused-ring (bicyclic) bond motifs is 1. The Labute approximate surface area is 140 Å². The molecule has 1 fully saturated rings. The van der Waals surface area contributed by atoms with E-state index in [1.165, 1.54) is 22.8 Å². The number of oxazole rings is 1. The van der Waals surface area contributed by atoms with Crippen molar-refractivity contribution in [3.63, 3.8) is 0 Å². The topological polar surface area (TPSA) is 86.2 Å². The van der Waals surface area contributed by atoms with Crippen LogP contribution in [-0.2, 0) is 10.0 Å². The van der Waals surface area contributed by atoms with Crippen LogP contribution >= 0.6 is 0 Å². The maximum Gasteiger partial charge on any atom is 0.240 e. The van der Waals surface area contributed by atoms with E-state index in [4.69, 9.17) is 9.56 Å². The molecule has 5 nitrogen and oxygen atoms in total. The Balaban J connectivity index is 1.70. The molecule has 6 heteroatoms. The Kier molecular flexibility index (Phi) is 3.30. The zero-order valence-corrected chi connectivity index (χ0v) is 14.3. The van der Waals surface area contributed by atoms with E-state index in [0.717, 1.165) is 6.42 Å². The monoisotopic (exact) mass is 342 g/mol. The van der Waals surface area contributed by atoms with Gasteiger partial charge in [0.2, 0.25) is 10.0 Å². The average molecular weight is 342 g/mol. The highest BCUT2D eigenvalue weighted by molar-refractivity contribution is 7.89. The number of sulfonamides is 1. The first-order valence-electron chi connectivity index (χ1n) is 7.84. The molecule has 1 saturated carbocycles. The fraction of sp³-hybridized carbons (Fsp3) is 0.278. The van der Waals surface area contributed by atoms with Gasteiger partial charge in [0.05, 0.1) is 0 Å². The number of para-hydroxylation sites is 1. The van der Waals surface area contributed by atoms with E-state index < -0.39 is 10.0 Å². The Morgan fingerprint density at radius 2 is 1.92 bits per heavy atom. The largest absolute Gasteiger partial charge is 0.440 e. The van der Waals surface area contributed by atoms with Crippen LogP contribution in [0, 0.1) is 13.8 Å². The lowest BCUT2D eigenvalue weighted by Crippen LogP contribution is -2.12. The lowest BCUT2D eigenvalue weighted by Gasteiger charge is -2.03. The molecule has 2 aromatic carbocycles. The molecule has 3 aromatic rings. The molecule has 0 bridgehead atoms. The SMILES string of the molecule is Cc1ccc(C2CC2c2nc3c(S(N)(=O)=O)cccc3o2)cc1C. The van der Waals surface area contributed by atoms with Gasteiger partial charge in [0, 0.05) is 5.92 Å². The number of nitrogens with two attached hydrogens (primary N) is 1. The molecule has 0 spiro atoms. The van der Waals surface area contributed by atoms with Crippen molar-refractivity contribution in [2.75, 3.05) is 0 Å². The Morgan fingerprint density at radius 3 is 2.62 bits per heavy atom. The number of hydrogen-bond donors (Lipinski definition) is 1. The lowest BCUT2D eigenvalue weighted by atomic mass is 10.0. The molecule has 0 aliphatic heterocycles. The maximum atomic E-state index is 11.7. The number of rotatable bonds is 3. The summed E-state index contributed by atoms with van der Waals surface area (Å²) >= 11 is 0. The molecule has 1 heterocycles. The molecule has 0 amide bonds. The second-order valence-electron chi connectivity index (χ2n) is 6.49. The first kappa shape index (κ1) is 15.4. The van der Waals surface area contributed by atoms with Crippen molar-refractivity contribution >= 4 is 21.1 Å². The minimum atomic E-state index is -3.82. The van der Waals surface area contributed by atoms with Crippen LogP contribution in [0.2, 0.25) is 0 Å². The normalized spacial score (nSPS) is 20.5. The summed E-state index contributed by atoms with van der Waals surface area (Å²) < 4.78 is 29.2. The van der Waals surface area contributed by atoms with Gasteiger partial charge in [-0.05, 0) is 55.0 Å². The van der Waals surface area contributed by atoms with Gasteiger partial charge in [-0.25, -0.2) is 18.5 Å². The molecule has 24 heavy (non-hydrogen) atoms. The van der Waals surface area contributed by atoms with E-state index in [1.807, 2.05) is 0 Å². The molecular formula is C18H18N2O3S. The second-order valence-corrected chi connectivity index (χ2v) is 8.02. The van der Waals surface area contributed by atoms with Crippen LogP contribution in [-0.4, -0.2) is 13.4 Å². The van der Waals surface area contributed by atoms with Crippen molar-refractivity contribution in [2.45, 2.75) is 37.0 Å². The number of aryl methyl sites for hydroxylation is 2. The molecule has 1 aliphatic carbocycles. The number of primary sulfonamides is 1. The fourth-order valence-electron chi connectivity index (χ4n) is 3.16. The number of benzene rings is 2. The Morgan fingerprint density at radius 1 is 1.12 bits per heavy atom. The third-order valence-electron chi connectivity index (χ3n) is 4.77. The summed E-state index contributed by atoms with van der Waals surface area (Å²) in [5.41, 5.74) is 4.60. The van der Waals surface area contributed by atoms with E-state index in [0.29, 0.717) is 22.9 Å². The summed E-state index contributed by atoms with van der Waals surface area (Å²) in [7, 11) is -3.82. The zero-order chi connectivity index (χ0) is 17.1. The van der Waals surface area contributed by atoms with Crippen molar-refractivity contribution in [3.05, 3.63) is 59.0 Å². The second kappa shape index (κ2) is 5.16. The molecule has 1 aromatic heterocycles. The first-order valence-corrected chi connectivity index (χ1v) is 9.38. The van der Waals surface area contributed by atoms with E-state index >= 15 is 0 Å². The van der Waals surface area contributed by atoms with Crippen LogP contribution in [0.15, 0.2) is 45.7 Å². The van der Waals surface area contributed by atoms with Crippen LogP contribution < -0.4 is 5.14 Å². The summed E-state index contributed by atoms with van der Waals surface area (Å²) in [5, 5.41) is 5.26. The van der Waals surface area contributed by atoms with E-state index in [-0.39, 0.29) is 10.8 Å². The Bertz CT molecular complexity index is 1050. The van der Waals surface area contributed by atoms with Crippen molar-refractivity contribution in [3.8, 4) is 0 Å². The van der Waals surface area contributed by atoms with Gasteiger partial charge < -0.3 is 4.42 Å². The summed E-state index contributed by atoms with van der Waals surface area (Å²) in [5.74, 6) is 1.15. The van der Waals surface area contributed by atoms with Gasteiger partial charge in [0.25, 0.3) is 0 Å². The molecule has 1 aliphatic rings. The molecule has 4 rings (SSSR count). The lowest BCUT2D eigenvalue weighted by molar-refractivity contribution is 0.529. The highest BCUT2D eigenvalue weighted by Crippen LogP contribution is 2.55. The molecule has 2 unspecified atom stereocenters. The highest BCUT2D eigenvalue weighted by atomic mass is 32.2. The minimum absolute atomic E-state index is 0.0124. The van der Waals surface area contributed by atoms with Gasteiger partial charge in [-0.15, -0.1) is 0 Å². The zero-order valence-electron chi connectivity index (χ0n) is 13.5. The van der Waals surface area contributed by atoms with E-state index in [1.54, 1.807) is 12.1 Å². The van der Waals surface area contributed by atoms with E-state index in [9.17, 15) is 8.42 Å². The summed E-state index contributed by atoms with van der Waals surface area (Å²) in [6.45, 7) is 4.20. The molecule has 2 N–H and O–H groups in total. The van der Waals surface area contributed by atoms with Crippen LogP contribution in [0.25, 0.3) is 11.1 Å². The fourth-order valence-corrected chi connectivity index (χ4v) is 3.84. The average Bonchev–Trinajstić information content (AvgIpc) is 3.19. The van der Waals surface area contributed by atoms with Gasteiger partial charge in [-0.3, -0.25) is 0 Å². The van der Waals surface area contributed by atoms with Gasteiger partial charge in [0.15, 0.2) is 11.5 Å². The summed E-state index contributed by atoms with van der Waals surface area (Å²) in [6, 6.07) is 11.3. The predicted molar refractivity (Wildman–Crippen MR) is 91.4 cm³/mol. The third-order valence-corrected chi connectivity index (χ3v) is 5.71. The van der Waals surface area contributed by atoms with Gasteiger partial charge in [-0.2, -0.15) is 0 Å². The smallest absolute Gasteiger partial charge is 0.240 e. The third kappa shape index (κ3) is 2.52. The standard InChI is InChI=1S/C18H18N2O3S/c1-10-6-7-12(8-11(10)2)13-9-14(13)18-20-17-15(23-18)4-3-5-16(17)24(19,21)22/h3-8,13-14H,9H2,1-2H3,(H2,19,21,22). The van der Waals surface area contributed by atoms with Crippen LogP contribution in [0.5, 0.6) is 0 Å². The van der Waals surface area contributed by atoms with Crippen molar-refractivity contribution < 1.29 is 12.8 Å². The molecular weight excluding hydrogens is 324 g/mol. The molecule has 124 valence electrons. The van der Waals surface area contributed by atoms with Crippen LogP contribution in [0.4, 0.5) is 0 Å². The minimum Gasteiger partial charge on any atom is -0.440 e. The summed E-state index contributed by atoms with van der Waals surface area (Å²) in [6.07, 6.45) is 0.958. The predicted octanol–water partition coefficient (Wildman–Crippen LogP) is 3.36. The van der Waals surface area contributed by atoms with E-state index in [2.05, 4.69) is 37.0 Å². The van der Waals surface area contributed by atoms with Gasteiger partial charge in [-0.1, -0.05) is 24.3 Å².